The predicted molar refractivity (Wildman–Crippen MR) is 111 cm³/mol. The third-order valence-electron chi connectivity index (χ3n) is 1.78. The van der Waals surface area contributed by atoms with Gasteiger partial charge in [0.25, 0.3) is 0 Å². The third-order valence-corrected chi connectivity index (χ3v) is 2.94. The van der Waals surface area contributed by atoms with Gasteiger partial charge in [0.15, 0.2) is 0 Å². The van der Waals surface area contributed by atoms with Gasteiger partial charge in [0.1, 0.15) is 0 Å². The summed E-state index contributed by atoms with van der Waals surface area (Å²) in [5, 5.41) is 0. The fourth-order valence-electron chi connectivity index (χ4n) is 0.898. The van der Waals surface area contributed by atoms with Gasteiger partial charge in [0.2, 0.25) is 0 Å². The van der Waals surface area contributed by atoms with E-state index in [1.807, 2.05) is 0 Å². The number of nitrogens with two attached hydrogens (primary N) is 3. The first-order chi connectivity index (χ1) is 9.54. The van der Waals surface area contributed by atoms with Crippen molar-refractivity contribution in [2.24, 2.45) is 23.1 Å². The summed E-state index contributed by atoms with van der Waals surface area (Å²) in [6.45, 7) is 4.56. The second-order valence-electron chi connectivity index (χ2n) is 3.54. The molecule has 3 nitrogen and oxygen atoms in total. The molecule has 0 rings (SSSR count). The van der Waals surface area contributed by atoms with Crippen LogP contribution in [0.1, 0.15) is 39.5 Å². The van der Waals surface area contributed by atoms with Crippen molar-refractivity contribution in [2.75, 3.05) is 0 Å². The first-order valence-electron chi connectivity index (χ1n) is 6.02. The minimum atomic E-state index is 0.0833. The van der Waals surface area contributed by atoms with Crippen molar-refractivity contribution in [3.63, 3.8) is 0 Å². The molecule has 6 N–H and O–H groups in total. The molecular formula is C11H23MoN3S6. The van der Waals surface area contributed by atoms with Crippen LogP contribution in [-0.2, 0) is 57.7 Å². The zero-order valence-corrected chi connectivity index (χ0v) is 19.1. The summed E-state index contributed by atoms with van der Waals surface area (Å²) in [6.07, 6.45) is 5.61. The normalized spacial score (nSPS) is 9.19. The van der Waals surface area contributed by atoms with Gasteiger partial charge in [0, 0.05) is 0 Å². The average Bonchev–Trinajstić information content (AvgIpc) is 2.28. The molecule has 0 amide bonds. The van der Waals surface area contributed by atoms with Crippen LogP contribution in [0.15, 0.2) is 0 Å². The molecule has 0 saturated carbocycles. The van der Waals surface area contributed by atoms with Crippen LogP contribution >= 0.6 is 36.7 Å². The molecule has 0 aliphatic carbocycles. The van der Waals surface area contributed by atoms with Gasteiger partial charge in [-0.2, -0.15) is 0 Å². The Bertz CT molecular complexity index is 222. The molecule has 1 unspecified atom stereocenters. The first-order valence-corrected chi connectivity index (χ1v) is 9.89. The van der Waals surface area contributed by atoms with Crippen molar-refractivity contribution >= 4 is 87.5 Å². The summed E-state index contributed by atoms with van der Waals surface area (Å²) >= 11 is 27.0. The minimum Gasteiger partial charge on any atom is -0.415 e. The van der Waals surface area contributed by atoms with Gasteiger partial charge in [-0.05, 0) is 0 Å². The number of rotatable bonds is 5. The molecule has 0 bridgehead atoms. The molecule has 0 aliphatic heterocycles. The Labute approximate surface area is 173 Å². The molecule has 0 aromatic rings. The quantitative estimate of drug-likeness (QED) is 0.309. The van der Waals surface area contributed by atoms with Gasteiger partial charge in [-0.25, -0.2) is 0 Å². The maximum atomic E-state index is 4.66. The van der Waals surface area contributed by atoms with Gasteiger partial charge in [-0.15, -0.1) is 0 Å². The van der Waals surface area contributed by atoms with Crippen LogP contribution < -0.4 is 17.2 Å². The van der Waals surface area contributed by atoms with Crippen molar-refractivity contribution < 1.29 is 19.8 Å². The summed E-state index contributed by atoms with van der Waals surface area (Å²) in [5.74, 6) is 1.01. The Morgan fingerprint density at radius 2 is 1.24 bits per heavy atom. The standard InChI is InChI=1S/C8H17.3CH3NS2.Mo/c1-4-6-7-8(3)5-2;3*2-1(3)4;/h8H,3-7H2,1-2H3;3*(H3,2,3,4);/q;;;;+3/p-3. The molecule has 21 heavy (non-hydrogen) atoms. The number of hydrogen-bond acceptors (Lipinski definition) is 6. The molecule has 124 valence electrons. The molecule has 0 saturated heterocycles. The molecule has 10 heteroatoms. The van der Waals surface area contributed by atoms with E-state index in [1.54, 1.807) is 0 Å². The molecular weight excluding hydrogens is 462 g/mol. The van der Waals surface area contributed by atoms with Gasteiger partial charge in [-0.3, -0.25) is 0 Å². The van der Waals surface area contributed by atoms with Crippen molar-refractivity contribution in [3.05, 3.63) is 0 Å². The Kier molecular flexibility index (Phi) is 37.0. The number of thiocarbonyl (C=S) groups is 3. The van der Waals surface area contributed by atoms with E-state index in [2.05, 4.69) is 125 Å². The largest absolute Gasteiger partial charge is 0.415 e. The average molecular weight is 486 g/mol. The van der Waals surface area contributed by atoms with Crippen molar-refractivity contribution in [1.29, 1.82) is 0 Å². The molecule has 0 aromatic carbocycles. The zero-order chi connectivity index (χ0) is 17.8. The minimum absolute atomic E-state index is 0.0833. The van der Waals surface area contributed by atoms with Crippen molar-refractivity contribution in [3.8, 4) is 0 Å². The van der Waals surface area contributed by atoms with Crippen LogP contribution in [-0.4, -0.2) is 13.0 Å². The topological polar surface area (TPSA) is 78.1 Å². The van der Waals surface area contributed by atoms with E-state index in [9.17, 15) is 0 Å². The molecule has 0 fully saturated rings. The fourth-order valence-corrected chi connectivity index (χ4v) is 1.89. The van der Waals surface area contributed by atoms with Gasteiger partial charge in [0.05, 0.1) is 0 Å². The van der Waals surface area contributed by atoms with Gasteiger partial charge >= 0.3 is 70.1 Å². The van der Waals surface area contributed by atoms with E-state index < -0.39 is 0 Å². The van der Waals surface area contributed by atoms with Crippen LogP contribution in [0.3, 0.4) is 0 Å². The molecule has 0 aromatic heterocycles. The summed E-state index contributed by atoms with van der Waals surface area (Å²) in [5.41, 5.74) is 14.0. The predicted octanol–water partition coefficient (Wildman–Crippen LogP) is 2.50. The molecule has 0 aliphatic rings. The third kappa shape index (κ3) is 93.5. The smallest absolute Gasteiger partial charge is 0.0708 e. The van der Waals surface area contributed by atoms with Crippen LogP contribution in [0, 0.1) is 5.92 Å². The van der Waals surface area contributed by atoms with E-state index >= 15 is 0 Å². The maximum Gasteiger partial charge on any atom is -0.0708 e. The van der Waals surface area contributed by atoms with E-state index in [4.69, 9.17) is 0 Å². The SMILES string of the molecule is CCCCC(CC)[CH2][Mo+3].NC(=S)[S-].NC(=S)[S-].NC(=S)[S-]. The first kappa shape index (κ1) is 30.0. The van der Waals surface area contributed by atoms with Gasteiger partial charge in [-0.1, -0.05) is 13.0 Å². The zero-order valence-electron chi connectivity index (χ0n) is 12.2. The summed E-state index contributed by atoms with van der Waals surface area (Å²) in [4.78, 5) is 1.38. The monoisotopic (exact) mass is 487 g/mol. The number of unbranched alkanes of at least 4 members (excludes halogenated alkanes) is 1. The Balaban J connectivity index is -0.000000102. The maximum absolute atomic E-state index is 4.66. The van der Waals surface area contributed by atoms with E-state index in [0.717, 1.165) is 5.92 Å². The summed E-state index contributed by atoms with van der Waals surface area (Å²) < 4.78 is 0.250. The number of hydrogen-bond donors (Lipinski definition) is 3. The second-order valence-corrected chi connectivity index (χ2v) is 7.77. The van der Waals surface area contributed by atoms with Crippen LogP contribution in [0.2, 0.25) is 4.81 Å². The molecule has 1 atom stereocenters. The molecule has 0 spiro atoms. The van der Waals surface area contributed by atoms with E-state index in [-0.39, 0.29) is 13.0 Å². The van der Waals surface area contributed by atoms with Gasteiger partial charge < -0.3 is 91.7 Å². The van der Waals surface area contributed by atoms with Crippen LogP contribution in [0.5, 0.6) is 0 Å². The summed E-state index contributed by atoms with van der Waals surface area (Å²) in [7, 11) is 0. The molecule has 0 heterocycles. The second kappa shape index (κ2) is 25.9. The Morgan fingerprint density at radius 1 is 0.952 bits per heavy atom. The van der Waals surface area contributed by atoms with Crippen molar-refractivity contribution in [1.82, 2.24) is 0 Å². The van der Waals surface area contributed by atoms with Crippen molar-refractivity contribution in [2.45, 2.75) is 44.3 Å². The van der Waals surface area contributed by atoms with Crippen LogP contribution in [0.4, 0.5) is 0 Å². The van der Waals surface area contributed by atoms with Crippen LogP contribution in [0.25, 0.3) is 0 Å². The Hall–Kier alpha value is 1.02. The van der Waals surface area contributed by atoms with E-state index in [1.165, 1.54) is 30.5 Å². The summed E-state index contributed by atoms with van der Waals surface area (Å²) in [6, 6.07) is 0. The molecule has 0 radical (unpaired) electrons. The fraction of sp³-hybridized carbons (Fsp3) is 0.727. The van der Waals surface area contributed by atoms with E-state index in [0.29, 0.717) is 0 Å². The Morgan fingerprint density at radius 3 is 1.38 bits per heavy atom.